The highest BCUT2D eigenvalue weighted by Crippen LogP contribution is 2.25. The lowest BCUT2D eigenvalue weighted by molar-refractivity contribution is 0.199. The predicted octanol–water partition coefficient (Wildman–Crippen LogP) is 2.61. The van der Waals surface area contributed by atoms with Crippen molar-refractivity contribution in [1.82, 2.24) is 9.97 Å². The average molecular weight is 220 g/mol. The number of benzene rings is 1. The van der Waals surface area contributed by atoms with Gasteiger partial charge in [-0.05, 0) is 24.6 Å². The van der Waals surface area contributed by atoms with Gasteiger partial charge in [0.1, 0.15) is 0 Å². The van der Waals surface area contributed by atoms with Gasteiger partial charge in [-0.2, -0.15) is 0 Å². The van der Waals surface area contributed by atoms with Crippen molar-refractivity contribution >= 4 is 11.8 Å². The van der Waals surface area contributed by atoms with E-state index in [0.29, 0.717) is 0 Å². The van der Waals surface area contributed by atoms with Crippen LogP contribution >= 0.6 is 11.8 Å². The Kier molecular flexibility index (Phi) is 3.08. The fourth-order valence-corrected chi connectivity index (χ4v) is 1.97. The number of nitrogens with zero attached hydrogens (tertiary/aromatic N) is 1. The van der Waals surface area contributed by atoms with Crippen LogP contribution in [-0.2, 0) is 0 Å². The molecule has 1 atom stereocenters. The number of aliphatic hydroxyl groups is 1. The average Bonchev–Trinajstić information content (AvgIpc) is 2.71. The molecule has 0 amide bonds. The largest absolute Gasteiger partial charge is 0.389 e. The number of H-pyrrole nitrogens is 1. The number of hydrogen-bond donors (Lipinski definition) is 2. The highest BCUT2D eigenvalue weighted by molar-refractivity contribution is 7.99. The van der Waals surface area contributed by atoms with Crippen LogP contribution in [0.25, 0.3) is 0 Å². The minimum Gasteiger partial charge on any atom is -0.389 e. The second-order valence-corrected chi connectivity index (χ2v) is 4.30. The topological polar surface area (TPSA) is 48.9 Å². The second-order valence-electron chi connectivity index (χ2n) is 3.24. The first-order valence-corrected chi connectivity index (χ1v) is 5.52. The Morgan fingerprint density at radius 3 is 2.60 bits per heavy atom. The van der Waals surface area contributed by atoms with E-state index >= 15 is 0 Å². The van der Waals surface area contributed by atoms with E-state index < -0.39 is 6.10 Å². The molecule has 0 radical (unpaired) electrons. The maximum absolute atomic E-state index is 9.35. The molecule has 0 saturated carbocycles. The van der Waals surface area contributed by atoms with Crippen molar-refractivity contribution < 1.29 is 5.11 Å². The number of hydrogen-bond acceptors (Lipinski definition) is 3. The van der Waals surface area contributed by atoms with Gasteiger partial charge in [0.15, 0.2) is 5.16 Å². The van der Waals surface area contributed by atoms with Crippen LogP contribution in [0.1, 0.15) is 18.6 Å². The first-order valence-electron chi connectivity index (χ1n) is 4.71. The Labute approximate surface area is 92.6 Å². The summed E-state index contributed by atoms with van der Waals surface area (Å²) in [4.78, 5) is 8.26. The van der Waals surface area contributed by atoms with Crippen LogP contribution in [0.5, 0.6) is 0 Å². The van der Waals surface area contributed by atoms with E-state index in [4.69, 9.17) is 0 Å². The summed E-state index contributed by atoms with van der Waals surface area (Å²) in [6, 6.07) is 7.82. The molecule has 3 nitrogen and oxygen atoms in total. The molecule has 0 fully saturated rings. The van der Waals surface area contributed by atoms with Gasteiger partial charge in [-0.15, -0.1) is 0 Å². The predicted molar refractivity (Wildman–Crippen MR) is 59.8 cm³/mol. The first kappa shape index (κ1) is 10.3. The van der Waals surface area contributed by atoms with Crippen molar-refractivity contribution in [2.75, 3.05) is 0 Å². The van der Waals surface area contributed by atoms with Crippen molar-refractivity contribution in [2.45, 2.75) is 23.1 Å². The molecule has 78 valence electrons. The highest BCUT2D eigenvalue weighted by Gasteiger charge is 2.02. The van der Waals surface area contributed by atoms with Gasteiger partial charge in [0.05, 0.1) is 6.10 Å². The zero-order chi connectivity index (χ0) is 10.7. The van der Waals surface area contributed by atoms with Crippen LogP contribution < -0.4 is 0 Å². The maximum Gasteiger partial charge on any atom is 0.170 e. The lowest BCUT2D eigenvalue weighted by Gasteiger charge is -2.04. The van der Waals surface area contributed by atoms with Crippen LogP contribution in [0.3, 0.4) is 0 Å². The number of aromatic amines is 1. The van der Waals surface area contributed by atoms with Crippen LogP contribution in [0.4, 0.5) is 0 Å². The second kappa shape index (κ2) is 4.51. The molecule has 0 spiro atoms. The van der Waals surface area contributed by atoms with E-state index in [0.717, 1.165) is 15.6 Å². The Bertz CT molecular complexity index is 409. The number of rotatable bonds is 3. The zero-order valence-electron chi connectivity index (χ0n) is 8.34. The smallest absolute Gasteiger partial charge is 0.170 e. The number of aromatic nitrogens is 2. The van der Waals surface area contributed by atoms with E-state index in [1.54, 1.807) is 31.1 Å². The third-order valence-electron chi connectivity index (χ3n) is 2.05. The van der Waals surface area contributed by atoms with E-state index in [9.17, 15) is 5.11 Å². The summed E-state index contributed by atoms with van der Waals surface area (Å²) in [6.45, 7) is 1.76. The Hall–Kier alpha value is -1.26. The molecule has 1 heterocycles. The third-order valence-corrected chi connectivity index (χ3v) is 2.97. The van der Waals surface area contributed by atoms with E-state index in [-0.39, 0.29) is 0 Å². The fourth-order valence-electron chi connectivity index (χ4n) is 1.23. The minimum atomic E-state index is -0.410. The van der Waals surface area contributed by atoms with E-state index in [2.05, 4.69) is 9.97 Å². The SMILES string of the molecule is C[C@@H](O)c1ccc(Sc2ncc[nH]2)cc1. The molecule has 0 bridgehead atoms. The number of imidazole rings is 1. The number of nitrogens with one attached hydrogen (secondary N) is 1. The zero-order valence-corrected chi connectivity index (χ0v) is 9.16. The van der Waals surface area contributed by atoms with Gasteiger partial charge >= 0.3 is 0 Å². The van der Waals surface area contributed by atoms with Gasteiger partial charge < -0.3 is 10.1 Å². The van der Waals surface area contributed by atoms with E-state index in [1.165, 1.54) is 0 Å². The normalized spacial score (nSPS) is 12.7. The summed E-state index contributed by atoms with van der Waals surface area (Å²) in [5.74, 6) is 0. The summed E-state index contributed by atoms with van der Waals surface area (Å²) in [6.07, 6.45) is 3.12. The molecular weight excluding hydrogens is 208 g/mol. The Morgan fingerprint density at radius 1 is 1.33 bits per heavy atom. The van der Waals surface area contributed by atoms with Gasteiger partial charge in [-0.3, -0.25) is 0 Å². The molecule has 1 aromatic carbocycles. The summed E-state index contributed by atoms with van der Waals surface area (Å²) >= 11 is 1.57. The van der Waals surface area contributed by atoms with Gasteiger partial charge in [0.2, 0.25) is 0 Å². The summed E-state index contributed by atoms with van der Waals surface area (Å²) in [5.41, 5.74) is 0.929. The highest BCUT2D eigenvalue weighted by atomic mass is 32.2. The van der Waals surface area contributed by atoms with Crippen LogP contribution in [0.15, 0.2) is 46.7 Å². The molecule has 4 heteroatoms. The summed E-state index contributed by atoms with van der Waals surface area (Å²) in [5, 5.41) is 10.2. The number of aliphatic hydroxyl groups excluding tert-OH is 1. The molecule has 2 rings (SSSR count). The van der Waals surface area contributed by atoms with Crippen molar-refractivity contribution in [3.63, 3.8) is 0 Å². The van der Waals surface area contributed by atoms with Crippen molar-refractivity contribution in [3.05, 3.63) is 42.2 Å². The molecule has 0 aliphatic carbocycles. The summed E-state index contributed by atoms with van der Waals surface area (Å²) < 4.78 is 0. The van der Waals surface area contributed by atoms with Crippen molar-refractivity contribution in [2.24, 2.45) is 0 Å². The van der Waals surface area contributed by atoms with Gasteiger partial charge in [0.25, 0.3) is 0 Å². The van der Waals surface area contributed by atoms with Crippen molar-refractivity contribution in [3.8, 4) is 0 Å². The molecule has 1 aromatic heterocycles. The van der Waals surface area contributed by atoms with Gasteiger partial charge in [-0.1, -0.05) is 23.9 Å². The fraction of sp³-hybridized carbons (Fsp3) is 0.182. The molecular formula is C11H12N2OS. The first-order chi connectivity index (χ1) is 7.25. The molecule has 15 heavy (non-hydrogen) atoms. The lowest BCUT2D eigenvalue weighted by atomic mass is 10.1. The Balaban J connectivity index is 2.11. The molecule has 0 aliphatic heterocycles. The van der Waals surface area contributed by atoms with Crippen LogP contribution in [0, 0.1) is 0 Å². The standard InChI is InChI=1S/C11H12N2OS/c1-8(14)9-2-4-10(5-3-9)15-11-12-6-7-13-11/h2-8,14H,1H3,(H,12,13)/t8-/m1/s1. The molecule has 0 saturated heterocycles. The molecule has 2 aromatic rings. The molecule has 2 N–H and O–H groups in total. The lowest BCUT2D eigenvalue weighted by Crippen LogP contribution is -1.89. The van der Waals surface area contributed by atoms with Crippen LogP contribution in [0.2, 0.25) is 0 Å². The van der Waals surface area contributed by atoms with Crippen molar-refractivity contribution in [1.29, 1.82) is 0 Å². The summed E-state index contributed by atoms with van der Waals surface area (Å²) in [7, 11) is 0. The van der Waals surface area contributed by atoms with Crippen LogP contribution in [-0.4, -0.2) is 15.1 Å². The van der Waals surface area contributed by atoms with Gasteiger partial charge in [-0.25, -0.2) is 4.98 Å². The minimum absolute atomic E-state index is 0.410. The third kappa shape index (κ3) is 2.61. The molecule has 0 unspecified atom stereocenters. The monoisotopic (exact) mass is 220 g/mol. The van der Waals surface area contributed by atoms with E-state index in [1.807, 2.05) is 24.3 Å². The Morgan fingerprint density at radius 2 is 2.07 bits per heavy atom. The quantitative estimate of drug-likeness (QED) is 0.836. The maximum atomic E-state index is 9.35. The van der Waals surface area contributed by atoms with Gasteiger partial charge in [0, 0.05) is 17.3 Å². The molecule has 0 aliphatic rings.